The Morgan fingerprint density at radius 3 is 2.05 bits per heavy atom. The van der Waals surface area contributed by atoms with Crippen LogP contribution in [-0.2, 0) is 17.5 Å². The zero-order valence-electron chi connectivity index (χ0n) is 12.1. The average Bonchev–Trinajstić information content (AvgIpc) is 2.33. The quantitative estimate of drug-likeness (QED) is 0.897. The van der Waals surface area contributed by atoms with Gasteiger partial charge >= 0.3 is 6.18 Å². The van der Waals surface area contributed by atoms with Crippen LogP contribution in [0.25, 0.3) is 0 Å². The Morgan fingerprint density at radius 1 is 1.19 bits per heavy atom. The van der Waals surface area contributed by atoms with Crippen molar-refractivity contribution < 1.29 is 18.0 Å². The molecule has 21 heavy (non-hydrogen) atoms. The highest BCUT2D eigenvalue weighted by atomic mass is 35.5. The summed E-state index contributed by atoms with van der Waals surface area (Å²) in [5, 5.41) is 2.62. The summed E-state index contributed by atoms with van der Waals surface area (Å²) in [4.78, 5) is 11.8. The molecule has 0 bridgehead atoms. The molecular formula is C14H20ClF3N2O. The topological polar surface area (TPSA) is 55.1 Å². The van der Waals surface area contributed by atoms with Gasteiger partial charge in [-0.25, -0.2) is 0 Å². The van der Waals surface area contributed by atoms with Gasteiger partial charge in [-0.2, -0.15) is 13.2 Å². The fourth-order valence-corrected chi connectivity index (χ4v) is 1.50. The molecule has 120 valence electrons. The van der Waals surface area contributed by atoms with E-state index >= 15 is 0 Å². The van der Waals surface area contributed by atoms with E-state index in [1.54, 1.807) is 0 Å². The molecule has 1 aromatic carbocycles. The van der Waals surface area contributed by atoms with E-state index < -0.39 is 17.8 Å². The van der Waals surface area contributed by atoms with Crippen LogP contribution in [0.5, 0.6) is 0 Å². The van der Waals surface area contributed by atoms with Crippen molar-refractivity contribution in [1.29, 1.82) is 0 Å². The molecule has 7 heteroatoms. The summed E-state index contributed by atoms with van der Waals surface area (Å²) < 4.78 is 37.2. The van der Waals surface area contributed by atoms with Crippen molar-refractivity contribution in [3.05, 3.63) is 35.4 Å². The molecular weight excluding hydrogens is 305 g/mol. The van der Waals surface area contributed by atoms with Crippen molar-refractivity contribution in [3.63, 3.8) is 0 Å². The van der Waals surface area contributed by atoms with Gasteiger partial charge in [-0.1, -0.05) is 32.9 Å². The average molecular weight is 325 g/mol. The first-order valence-electron chi connectivity index (χ1n) is 6.21. The number of alkyl halides is 3. The number of carbonyl (C=O) groups excluding carboxylic acids is 1. The molecule has 0 saturated carbocycles. The van der Waals surface area contributed by atoms with Crippen molar-refractivity contribution in [2.24, 2.45) is 11.1 Å². The Labute approximate surface area is 128 Å². The predicted molar refractivity (Wildman–Crippen MR) is 78.0 cm³/mol. The number of hydrogen-bond acceptors (Lipinski definition) is 2. The lowest BCUT2D eigenvalue weighted by atomic mass is 9.87. The Bertz CT molecular complexity index is 467. The molecule has 3 N–H and O–H groups in total. The van der Waals surface area contributed by atoms with Crippen LogP contribution >= 0.6 is 12.4 Å². The largest absolute Gasteiger partial charge is 0.416 e. The third-order valence-corrected chi connectivity index (χ3v) is 2.96. The Kier molecular flexibility index (Phi) is 6.70. The highest BCUT2D eigenvalue weighted by molar-refractivity contribution is 5.85. The third kappa shape index (κ3) is 5.93. The van der Waals surface area contributed by atoms with E-state index in [0.29, 0.717) is 5.56 Å². The summed E-state index contributed by atoms with van der Waals surface area (Å²) >= 11 is 0. The number of amides is 1. The van der Waals surface area contributed by atoms with Gasteiger partial charge in [0.15, 0.2) is 0 Å². The van der Waals surface area contributed by atoms with Gasteiger partial charge in [0, 0.05) is 6.54 Å². The third-order valence-electron chi connectivity index (χ3n) is 2.96. The second kappa shape index (κ2) is 7.13. The van der Waals surface area contributed by atoms with Crippen LogP contribution in [0.3, 0.4) is 0 Å². The number of hydrogen-bond donors (Lipinski definition) is 2. The predicted octanol–water partition coefficient (Wildman–Crippen LogP) is 3.12. The molecule has 0 aromatic heterocycles. The molecule has 0 saturated heterocycles. The molecule has 0 aliphatic heterocycles. The van der Waals surface area contributed by atoms with E-state index in [1.165, 1.54) is 12.1 Å². The molecule has 1 rings (SSSR count). The maximum Gasteiger partial charge on any atom is 0.416 e. The van der Waals surface area contributed by atoms with E-state index in [0.717, 1.165) is 12.1 Å². The second-order valence-electron chi connectivity index (χ2n) is 5.76. The molecule has 1 aromatic rings. The van der Waals surface area contributed by atoms with Gasteiger partial charge in [-0.05, 0) is 23.1 Å². The SMILES string of the molecule is CC(C)(C)[C@H](N)C(=O)NCc1ccc(C(F)(F)F)cc1.Cl. The van der Waals surface area contributed by atoms with E-state index in [2.05, 4.69) is 5.32 Å². The lowest BCUT2D eigenvalue weighted by molar-refractivity contribution is -0.137. The minimum Gasteiger partial charge on any atom is -0.351 e. The van der Waals surface area contributed by atoms with Gasteiger partial charge in [0.05, 0.1) is 11.6 Å². The fourth-order valence-electron chi connectivity index (χ4n) is 1.50. The van der Waals surface area contributed by atoms with Crippen molar-refractivity contribution in [3.8, 4) is 0 Å². The molecule has 0 spiro atoms. The maximum absolute atomic E-state index is 12.4. The Morgan fingerprint density at radius 2 is 1.67 bits per heavy atom. The second-order valence-corrected chi connectivity index (χ2v) is 5.76. The van der Waals surface area contributed by atoms with Crippen LogP contribution in [0.2, 0.25) is 0 Å². The van der Waals surface area contributed by atoms with Crippen LogP contribution in [0.15, 0.2) is 24.3 Å². The van der Waals surface area contributed by atoms with Crippen LogP contribution in [0.4, 0.5) is 13.2 Å². The number of halogens is 4. The van der Waals surface area contributed by atoms with Crippen LogP contribution in [0, 0.1) is 5.41 Å². The summed E-state index contributed by atoms with van der Waals surface area (Å²) in [6, 6.07) is 3.99. The van der Waals surface area contributed by atoms with Gasteiger partial charge in [-0.15, -0.1) is 12.4 Å². The van der Waals surface area contributed by atoms with E-state index in [4.69, 9.17) is 5.73 Å². The first-order chi connectivity index (χ1) is 9.01. The van der Waals surface area contributed by atoms with Gasteiger partial charge in [0.25, 0.3) is 0 Å². The number of nitrogens with two attached hydrogens (primary N) is 1. The van der Waals surface area contributed by atoms with Crippen molar-refractivity contribution in [2.45, 2.75) is 39.5 Å². The van der Waals surface area contributed by atoms with Gasteiger partial charge in [0.2, 0.25) is 5.91 Å². The van der Waals surface area contributed by atoms with Gasteiger partial charge in [0.1, 0.15) is 0 Å². The van der Waals surface area contributed by atoms with E-state index in [1.807, 2.05) is 20.8 Å². The molecule has 0 radical (unpaired) electrons. The molecule has 0 aliphatic carbocycles. The van der Waals surface area contributed by atoms with Crippen LogP contribution < -0.4 is 11.1 Å². The zero-order valence-corrected chi connectivity index (χ0v) is 12.9. The number of rotatable bonds is 3. The molecule has 0 unspecified atom stereocenters. The molecule has 0 aliphatic rings. The Balaban J connectivity index is 0.00000400. The normalized spacial score (nSPS) is 13.3. The van der Waals surface area contributed by atoms with Crippen LogP contribution in [-0.4, -0.2) is 11.9 Å². The van der Waals surface area contributed by atoms with Crippen molar-refractivity contribution >= 4 is 18.3 Å². The summed E-state index contributed by atoms with van der Waals surface area (Å²) in [7, 11) is 0. The zero-order chi connectivity index (χ0) is 15.6. The maximum atomic E-state index is 12.4. The fraction of sp³-hybridized carbons (Fsp3) is 0.500. The summed E-state index contributed by atoms with van der Waals surface area (Å²) in [5.41, 5.74) is 5.29. The minimum atomic E-state index is -4.35. The Hall–Kier alpha value is -1.27. The van der Waals surface area contributed by atoms with Gasteiger partial charge in [-0.3, -0.25) is 4.79 Å². The van der Waals surface area contributed by atoms with E-state index in [9.17, 15) is 18.0 Å². The number of benzene rings is 1. The molecule has 3 nitrogen and oxygen atoms in total. The summed E-state index contributed by atoms with van der Waals surface area (Å²) in [5.74, 6) is -0.322. The van der Waals surface area contributed by atoms with Crippen molar-refractivity contribution in [2.75, 3.05) is 0 Å². The van der Waals surface area contributed by atoms with Crippen LogP contribution in [0.1, 0.15) is 31.9 Å². The van der Waals surface area contributed by atoms with Crippen molar-refractivity contribution in [1.82, 2.24) is 5.32 Å². The molecule has 1 amide bonds. The molecule has 0 heterocycles. The minimum absolute atomic E-state index is 0. The highest BCUT2D eigenvalue weighted by Crippen LogP contribution is 2.29. The van der Waals surface area contributed by atoms with E-state index in [-0.39, 0.29) is 30.3 Å². The number of nitrogens with one attached hydrogen (secondary N) is 1. The van der Waals surface area contributed by atoms with Gasteiger partial charge < -0.3 is 11.1 Å². The first-order valence-corrected chi connectivity index (χ1v) is 6.21. The lowest BCUT2D eigenvalue weighted by Gasteiger charge is -2.25. The molecule has 1 atom stereocenters. The highest BCUT2D eigenvalue weighted by Gasteiger charge is 2.30. The summed E-state index contributed by atoms with van der Waals surface area (Å²) in [6.45, 7) is 5.68. The monoisotopic (exact) mass is 324 g/mol. The smallest absolute Gasteiger partial charge is 0.351 e. The first kappa shape index (κ1) is 19.7. The molecule has 0 fully saturated rings. The summed E-state index contributed by atoms with van der Waals surface area (Å²) in [6.07, 6.45) is -4.35. The number of carbonyl (C=O) groups is 1. The standard InChI is InChI=1S/C14H19F3N2O.ClH/c1-13(2,3)11(18)12(20)19-8-9-4-6-10(7-5-9)14(15,16)17;/h4-7,11H,8,18H2,1-3H3,(H,19,20);1H/t11-;/m1./s1. The lowest BCUT2D eigenvalue weighted by Crippen LogP contribution is -2.48.